The van der Waals surface area contributed by atoms with E-state index < -0.39 is 0 Å². The average Bonchev–Trinajstić information content (AvgIpc) is 3.30. The van der Waals surface area contributed by atoms with Crippen molar-refractivity contribution in [1.82, 2.24) is 15.2 Å². The Hall–Kier alpha value is -3.70. The summed E-state index contributed by atoms with van der Waals surface area (Å²) in [4.78, 5) is 19.6. The molecule has 0 radical (unpaired) electrons. The highest BCUT2D eigenvalue weighted by Crippen LogP contribution is 2.28. The number of carbonyl (C=O) groups is 1. The van der Waals surface area contributed by atoms with Crippen molar-refractivity contribution in [3.63, 3.8) is 0 Å². The maximum Gasteiger partial charge on any atom is 0.252 e. The summed E-state index contributed by atoms with van der Waals surface area (Å²) in [5.41, 5.74) is 3.30. The maximum absolute atomic E-state index is 13.1. The van der Waals surface area contributed by atoms with Crippen molar-refractivity contribution in [1.29, 1.82) is 0 Å². The molecule has 156 valence electrons. The smallest absolute Gasteiger partial charge is 0.252 e. The van der Waals surface area contributed by atoms with Crippen LogP contribution in [0.4, 0.5) is 0 Å². The summed E-state index contributed by atoms with van der Waals surface area (Å²) in [7, 11) is 4.02. The molecule has 1 aromatic heterocycles. The molecule has 4 aromatic rings. The highest BCUT2D eigenvalue weighted by atomic mass is 16.4. The Bertz CT molecular complexity index is 1140. The number of likely N-dealkylation sites (N-methyl/N-ethyl adjacent to an activating group) is 1. The van der Waals surface area contributed by atoms with E-state index in [1.54, 1.807) is 12.3 Å². The number of hydrogen-bond donors (Lipinski definition) is 1. The molecule has 31 heavy (non-hydrogen) atoms. The number of oxazole rings is 1. The van der Waals surface area contributed by atoms with Crippen LogP contribution in [0.5, 0.6) is 0 Å². The molecule has 5 nitrogen and oxygen atoms in total. The number of amides is 1. The van der Waals surface area contributed by atoms with Crippen molar-refractivity contribution >= 4 is 5.91 Å². The number of aromatic nitrogens is 1. The molecule has 0 fully saturated rings. The Balaban J connectivity index is 1.55. The van der Waals surface area contributed by atoms with Crippen molar-refractivity contribution in [2.24, 2.45) is 0 Å². The lowest BCUT2D eigenvalue weighted by Gasteiger charge is -2.25. The second-order valence-electron chi connectivity index (χ2n) is 7.54. The standard InChI is InChI=1S/C26H25N3O2/c1-29(2)23(19-11-5-3-6-12-19)17-27-25(30)21-15-9-10-16-22(21)26-28-18-24(31-26)20-13-7-4-8-14-20/h3-16,18,23H,17H2,1-2H3,(H,27,30)/t23-/m0/s1. The largest absolute Gasteiger partial charge is 0.436 e. The third kappa shape index (κ3) is 4.73. The summed E-state index contributed by atoms with van der Waals surface area (Å²) in [5.74, 6) is 0.942. The molecule has 1 amide bonds. The van der Waals surface area contributed by atoms with Gasteiger partial charge in [0.25, 0.3) is 5.91 Å². The minimum Gasteiger partial charge on any atom is -0.436 e. The monoisotopic (exact) mass is 411 g/mol. The normalized spacial score (nSPS) is 12.0. The first kappa shape index (κ1) is 20.6. The van der Waals surface area contributed by atoms with Gasteiger partial charge in [-0.2, -0.15) is 0 Å². The van der Waals surface area contributed by atoms with Crippen molar-refractivity contribution in [3.8, 4) is 22.8 Å². The fraction of sp³-hybridized carbons (Fsp3) is 0.154. The van der Waals surface area contributed by atoms with E-state index in [1.165, 1.54) is 0 Å². The molecule has 0 aliphatic heterocycles. The molecule has 0 bridgehead atoms. The van der Waals surface area contributed by atoms with Crippen molar-refractivity contribution in [2.75, 3.05) is 20.6 Å². The predicted molar refractivity (Wildman–Crippen MR) is 123 cm³/mol. The van der Waals surface area contributed by atoms with Crippen LogP contribution in [0.3, 0.4) is 0 Å². The van der Waals surface area contributed by atoms with Crippen molar-refractivity contribution < 1.29 is 9.21 Å². The second kappa shape index (κ2) is 9.41. The SMILES string of the molecule is CN(C)[C@@H](CNC(=O)c1ccccc1-c1ncc(-c2ccccc2)o1)c1ccccc1. The predicted octanol–water partition coefficient (Wildman–Crippen LogP) is 5.04. The molecule has 0 saturated carbocycles. The molecule has 0 unspecified atom stereocenters. The van der Waals surface area contributed by atoms with Gasteiger partial charge in [0.1, 0.15) is 0 Å². The van der Waals surface area contributed by atoms with Gasteiger partial charge >= 0.3 is 0 Å². The molecule has 0 aliphatic carbocycles. The fourth-order valence-corrected chi connectivity index (χ4v) is 3.56. The number of nitrogens with zero attached hydrogens (tertiary/aromatic N) is 2. The molecule has 0 aliphatic rings. The summed E-state index contributed by atoms with van der Waals surface area (Å²) in [6.45, 7) is 0.491. The summed E-state index contributed by atoms with van der Waals surface area (Å²) >= 11 is 0. The van der Waals surface area contributed by atoms with Gasteiger partial charge in [-0.25, -0.2) is 4.98 Å². The van der Waals surface area contributed by atoms with Gasteiger partial charge < -0.3 is 14.6 Å². The molecular weight excluding hydrogens is 386 g/mol. The Morgan fingerprint density at radius 1 is 0.935 bits per heavy atom. The van der Waals surface area contributed by atoms with Crippen LogP contribution in [0.25, 0.3) is 22.8 Å². The van der Waals surface area contributed by atoms with Gasteiger partial charge in [0.15, 0.2) is 5.76 Å². The summed E-state index contributed by atoms with van der Waals surface area (Å²) in [6.07, 6.45) is 1.69. The van der Waals surface area contributed by atoms with E-state index in [2.05, 4.69) is 27.3 Å². The molecule has 5 heteroatoms. The number of benzene rings is 3. The summed E-state index contributed by atoms with van der Waals surface area (Å²) < 4.78 is 5.98. The van der Waals surface area contributed by atoms with Crippen LogP contribution in [0.15, 0.2) is 95.5 Å². The van der Waals surface area contributed by atoms with E-state index in [0.717, 1.165) is 11.1 Å². The molecule has 4 rings (SSSR count). The van der Waals surface area contributed by atoms with Crippen LogP contribution in [0.2, 0.25) is 0 Å². The van der Waals surface area contributed by atoms with Gasteiger partial charge in [0.2, 0.25) is 5.89 Å². The number of carbonyl (C=O) groups excluding carboxylic acids is 1. The second-order valence-corrected chi connectivity index (χ2v) is 7.54. The zero-order chi connectivity index (χ0) is 21.6. The third-order valence-corrected chi connectivity index (χ3v) is 5.23. The van der Waals surface area contributed by atoms with E-state index in [0.29, 0.717) is 29.3 Å². The highest BCUT2D eigenvalue weighted by molar-refractivity contribution is 6.00. The molecule has 0 saturated heterocycles. The quantitative estimate of drug-likeness (QED) is 0.463. The van der Waals surface area contributed by atoms with E-state index in [-0.39, 0.29) is 11.9 Å². The first-order valence-electron chi connectivity index (χ1n) is 10.2. The van der Waals surface area contributed by atoms with Crippen LogP contribution < -0.4 is 5.32 Å². The van der Waals surface area contributed by atoms with Gasteiger partial charge in [-0.3, -0.25) is 4.79 Å². The topological polar surface area (TPSA) is 58.4 Å². The number of hydrogen-bond acceptors (Lipinski definition) is 4. The van der Waals surface area contributed by atoms with Crippen LogP contribution >= 0.6 is 0 Å². The molecule has 1 heterocycles. The van der Waals surface area contributed by atoms with Gasteiger partial charge in [0.05, 0.1) is 17.8 Å². The lowest BCUT2D eigenvalue weighted by molar-refractivity contribution is 0.0942. The van der Waals surface area contributed by atoms with E-state index in [4.69, 9.17) is 4.42 Å². The first-order chi connectivity index (χ1) is 15.1. The molecule has 1 N–H and O–H groups in total. The third-order valence-electron chi connectivity index (χ3n) is 5.23. The Kier molecular flexibility index (Phi) is 6.24. The van der Waals surface area contributed by atoms with Crippen molar-refractivity contribution in [3.05, 3.63) is 102 Å². The van der Waals surface area contributed by atoms with Gasteiger partial charge in [0, 0.05) is 17.7 Å². The van der Waals surface area contributed by atoms with E-state index in [9.17, 15) is 4.79 Å². The molecule has 3 aromatic carbocycles. The zero-order valence-electron chi connectivity index (χ0n) is 17.7. The molecule has 1 atom stereocenters. The molecule has 0 spiro atoms. The number of nitrogens with one attached hydrogen (secondary N) is 1. The average molecular weight is 412 g/mol. The first-order valence-corrected chi connectivity index (χ1v) is 10.2. The van der Waals surface area contributed by atoms with Crippen LogP contribution in [0.1, 0.15) is 22.0 Å². The lowest BCUT2D eigenvalue weighted by Crippen LogP contribution is -2.34. The Morgan fingerprint density at radius 3 is 2.29 bits per heavy atom. The van der Waals surface area contributed by atoms with Crippen LogP contribution in [0, 0.1) is 0 Å². The Labute approximate surface area is 182 Å². The Morgan fingerprint density at radius 2 is 1.58 bits per heavy atom. The van der Waals surface area contributed by atoms with Crippen LogP contribution in [-0.2, 0) is 0 Å². The zero-order valence-corrected chi connectivity index (χ0v) is 17.7. The van der Waals surface area contributed by atoms with Crippen LogP contribution in [-0.4, -0.2) is 36.4 Å². The van der Waals surface area contributed by atoms with Gasteiger partial charge in [-0.05, 0) is 31.8 Å². The summed E-state index contributed by atoms with van der Waals surface area (Å²) in [5, 5.41) is 3.08. The van der Waals surface area contributed by atoms with Gasteiger partial charge in [-0.1, -0.05) is 72.8 Å². The highest BCUT2D eigenvalue weighted by Gasteiger charge is 2.19. The maximum atomic E-state index is 13.1. The minimum atomic E-state index is -0.155. The lowest BCUT2D eigenvalue weighted by atomic mass is 10.0. The van der Waals surface area contributed by atoms with Gasteiger partial charge in [-0.15, -0.1) is 0 Å². The summed E-state index contributed by atoms with van der Waals surface area (Å²) in [6, 6.07) is 27.4. The van der Waals surface area contributed by atoms with E-state index in [1.807, 2.05) is 80.8 Å². The minimum absolute atomic E-state index is 0.0729. The molecular formula is C26H25N3O2. The number of rotatable bonds is 7. The van der Waals surface area contributed by atoms with E-state index >= 15 is 0 Å². The van der Waals surface area contributed by atoms with Crippen molar-refractivity contribution in [2.45, 2.75) is 6.04 Å². The fourth-order valence-electron chi connectivity index (χ4n) is 3.56.